The van der Waals surface area contributed by atoms with Crippen LogP contribution in [0.1, 0.15) is 29.0 Å². The van der Waals surface area contributed by atoms with E-state index in [0.717, 1.165) is 10.4 Å². The molecule has 0 radical (unpaired) electrons. The molecular weight excluding hydrogens is 349 g/mol. The van der Waals surface area contributed by atoms with Crippen molar-refractivity contribution in [3.63, 3.8) is 0 Å². The Morgan fingerprint density at radius 1 is 1.33 bits per heavy atom. The number of rotatable bonds is 6. The molecule has 24 heavy (non-hydrogen) atoms. The predicted molar refractivity (Wildman–Crippen MR) is 98.2 cm³/mol. The first-order chi connectivity index (χ1) is 11.5. The van der Waals surface area contributed by atoms with E-state index in [1.54, 1.807) is 25.1 Å². The molecule has 0 spiro atoms. The molecule has 7 heteroatoms. The third-order valence-corrected chi connectivity index (χ3v) is 4.72. The Balaban J connectivity index is 1.96. The highest BCUT2D eigenvalue weighted by Gasteiger charge is 2.11. The van der Waals surface area contributed by atoms with Crippen molar-refractivity contribution >= 4 is 28.9 Å². The second-order valence-corrected chi connectivity index (χ2v) is 7.06. The quantitative estimate of drug-likeness (QED) is 0.538. The van der Waals surface area contributed by atoms with Crippen molar-refractivity contribution in [1.29, 1.82) is 0 Å². The lowest BCUT2D eigenvalue weighted by Gasteiger charge is -2.14. The summed E-state index contributed by atoms with van der Waals surface area (Å²) in [4.78, 5) is 5.21. The van der Waals surface area contributed by atoms with Gasteiger partial charge < -0.3 is 15.7 Å². The highest BCUT2D eigenvalue weighted by atomic mass is 35.5. The molecule has 2 rings (SSSR count). The summed E-state index contributed by atoms with van der Waals surface area (Å²) in [5, 5.41) is 16.3. The Kier molecular flexibility index (Phi) is 7.02. The average Bonchev–Trinajstić information content (AvgIpc) is 2.99. The molecule has 130 valence electrons. The van der Waals surface area contributed by atoms with Gasteiger partial charge in [0.1, 0.15) is 11.9 Å². The third-order valence-electron chi connectivity index (χ3n) is 3.39. The minimum atomic E-state index is -0.664. The summed E-state index contributed by atoms with van der Waals surface area (Å²) in [7, 11) is 0. The molecule has 3 N–H and O–H groups in total. The van der Waals surface area contributed by atoms with Crippen LogP contribution in [0.15, 0.2) is 35.3 Å². The molecule has 0 bridgehead atoms. The van der Waals surface area contributed by atoms with E-state index < -0.39 is 6.10 Å². The Morgan fingerprint density at radius 3 is 2.75 bits per heavy atom. The molecule has 1 unspecified atom stereocenters. The largest absolute Gasteiger partial charge is 0.386 e. The van der Waals surface area contributed by atoms with Crippen LogP contribution in [0.25, 0.3) is 0 Å². The summed E-state index contributed by atoms with van der Waals surface area (Å²) in [6.07, 6.45) is -0.664. The molecule has 0 saturated carbocycles. The van der Waals surface area contributed by atoms with Crippen LogP contribution < -0.4 is 10.6 Å². The third kappa shape index (κ3) is 5.47. The van der Waals surface area contributed by atoms with Gasteiger partial charge >= 0.3 is 0 Å². The molecule has 4 nitrogen and oxygen atoms in total. The zero-order valence-electron chi connectivity index (χ0n) is 13.6. The lowest BCUT2D eigenvalue weighted by molar-refractivity contribution is 0.184. The van der Waals surface area contributed by atoms with Crippen molar-refractivity contribution in [3.8, 4) is 0 Å². The molecule has 0 aliphatic heterocycles. The molecular formula is C17H21ClFN3OS. The predicted octanol–water partition coefficient (Wildman–Crippen LogP) is 3.64. The fourth-order valence-corrected chi connectivity index (χ4v) is 3.10. The van der Waals surface area contributed by atoms with Gasteiger partial charge in [-0.15, -0.1) is 11.3 Å². The Bertz CT molecular complexity index is 705. The van der Waals surface area contributed by atoms with Crippen molar-refractivity contribution < 1.29 is 9.50 Å². The van der Waals surface area contributed by atoms with E-state index >= 15 is 0 Å². The number of halogens is 2. The number of thiophene rings is 1. The number of nitrogens with one attached hydrogen (secondary N) is 2. The molecule has 0 aliphatic rings. The summed E-state index contributed by atoms with van der Waals surface area (Å²) in [5.74, 6) is 0.339. The van der Waals surface area contributed by atoms with Crippen LogP contribution in [0.4, 0.5) is 4.39 Å². The normalized spacial score (nSPS) is 13.0. The molecule has 0 fully saturated rings. The number of aryl methyl sites for hydroxylation is 1. The van der Waals surface area contributed by atoms with E-state index in [1.807, 2.05) is 13.0 Å². The molecule has 1 aromatic carbocycles. The Labute approximate surface area is 150 Å². The summed E-state index contributed by atoms with van der Waals surface area (Å²) in [6.45, 7) is 5.04. The van der Waals surface area contributed by atoms with Crippen molar-refractivity contribution in [3.05, 3.63) is 56.5 Å². The number of aliphatic hydroxyl groups excluding tert-OH is 1. The van der Waals surface area contributed by atoms with E-state index in [1.165, 1.54) is 17.4 Å². The van der Waals surface area contributed by atoms with Crippen molar-refractivity contribution in [2.45, 2.75) is 26.5 Å². The minimum Gasteiger partial charge on any atom is -0.386 e. The summed E-state index contributed by atoms with van der Waals surface area (Å²) >= 11 is 7.23. The lowest BCUT2D eigenvalue weighted by Crippen LogP contribution is -2.39. The van der Waals surface area contributed by atoms with Gasteiger partial charge in [-0.1, -0.05) is 23.7 Å². The van der Waals surface area contributed by atoms with Gasteiger partial charge in [0.25, 0.3) is 0 Å². The molecule has 1 atom stereocenters. The van der Waals surface area contributed by atoms with Crippen LogP contribution in [0.2, 0.25) is 4.34 Å². The molecule has 2 aromatic rings. The van der Waals surface area contributed by atoms with Crippen LogP contribution in [-0.2, 0) is 6.54 Å². The van der Waals surface area contributed by atoms with Gasteiger partial charge in [0, 0.05) is 18.0 Å². The molecule has 0 saturated heterocycles. The van der Waals surface area contributed by atoms with E-state index in [0.29, 0.717) is 35.5 Å². The van der Waals surface area contributed by atoms with Crippen LogP contribution in [0.3, 0.4) is 0 Å². The van der Waals surface area contributed by atoms with E-state index in [4.69, 9.17) is 11.6 Å². The number of aliphatic imine (C=N–C) groups is 1. The first-order valence-corrected chi connectivity index (χ1v) is 8.89. The van der Waals surface area contributed by atoms with Crippen LogP contribution in [0.5, 0.6) is 0 Å². The van der Waals surface area contributed by atoms with Crippen LogP contribution in [0, 0.1) is 12.7 Å². The molecule has 1 heterocycles. The SMILES string of the molecule is CCNC(=NCc1ccc(C)c(F)c1)NCC(O)c1ccc(Cl)s1. The zero-order valence-corrected chi connectivity index (χ0v) is 15.2. The number of guanidine groups is 1. The maximum atomic E-state index is 13.6. The summed E-state index contributed by atoms with van der Waals surface area (Å²) < 4.78 is 14.2. The maximum Gasteiger partial charge on any atom is 0.191 e. The van der Waals surface area contributed by atoms with E-state index in [-0.39, 0.29) is 5.82 Å². The monoisotopic (exact) mass is 369 g/mol. The lowest BCUT2D eigenvalue weighted by atomic mass is 10.1. The summed E-state index contributed by atoms with van der Waals surface area (Å²) in [6, 6.07) is 8.65. The van der Waals surface area contributed by atoms with Gasteiger partial charge in [-0.05, 0) is 43.2 Å². The number of benzene rings is 1. The van der Waals surface area contributed by atoms with Gasteiger partial charge in [0.05, 0.1) is 10.9 Å². The molecule has 0 amide bonds. The standard InChI is InChI=1S/C17H21ClFN3OS/c1-3-20-17(21-9-12-5-4-11(2)13(19)8-12)22-10-14(23)15-6-7-16(18)24-15/h4-8,14,23H,3,9-10H2,1-2H3,(H2,20,21,22). The molecule has 0 aliphatic carbocycles. The number of hydrogen-bond donors (Lipinski definition) is 3. The van der Waals surface area contributed by atoms with Gasteiger partial charge in [0.2, 0.25) is 0 Å². The average molecular weight is 370 g/mol. The van der Waals surface area contributed by atoms with Gasteiger partial charge in [0.15, 0.2) is 5.96 Å². The topological polar surface area (TPSA) is 56.7 Å². The number of hydrogen-bond acceptors (Lipinski definition) is 3. The number of nitrogens with zero attached hydrogens (tertiary/aromatic N) is 1. The van der Waals surface area contributed by atoms with Crippen molar-refractivity contribution in [2.75, 3.05) is 13.1 Å². The fraction of sp³-hybridized carbons (Fsp3) is 0.353. The molecule has 1 aromatic heterocycles. The van der Waals surface area contributed by atoms with Gasteiger partial charge in [-0.3, -0.25) is 0 Å². The summed E-state index contributed by atoms with van der Waals surface area (Å²) in [5.41, 5.74) is 1.41. The van der Waals surface area contributed by atoms with Crippen LogP contribution >= 0.6 is 22.9 Å². The van der Waals surface area contributed by atoms with Gasteiger partial charge in [-0.25, -0.2) is 9.38 Å². The van der Waals surface area contributed by atoms with Crippen molar-refractivity contribution in [2.24, 2.45) is 4.99 Å². The van der Waals surface area contributed by atoms with E-state index in [2.05, 4.69) is 15.6 Å². The maximum absolute atomic E-state index is 13.6. The highest BCUT2D eigenvalue weighted by Crippen LogP contribution is 2.26. The second kappa shape index (κ2) is 9.01. The number of aliphatic hydroxyl groups is 1. The van der Waals surface area contributed by atoms with Gasteiger partial charge in [-0.2, -0.15) is 0 Å². The Hall–Kier alpha value is -1.63. The smallest absolute Gasteiger partial charge is 0.191 e. The highest BCUT2D eigenvalue weighted by molar-refractivity contribution is 7.16. The first kappa shape index (κ1) is 18.7. The fourth-order valence-electron chi connectivity index (χ4n) is 2.05. The second-order valence-electron chi connectivity index (χ2n) is 5.32. The van der Waals surface area contributed by atoms with E-state index in [9.17, 15) is 9.50 Å². The first-order valence-electron chi connectivity index (χ1n) is 7.70. The zero-order chi connectivity index (χ0) is 17.5. The van der Waals surface area contributed by atoms with Crippen LogP contribution in [-0.4, -0.2) is 24.2 Å². The Morgan fingerprint density at radius 2 is 2.12 bits per heavy atom. The minimum absolute atomic E-state index is 0.231. The van der Waals surface area contributed by atoms with Crippen molar-refractivity contribution in [1.82, 2.24) is 10.6 Å².